The third-order valence-electron chi connectivity index (χ3n) is 2.57. The van der Waals surface area contributed by atoms with Gasteiger partial charge in [0.25, 0.3) is 0 Å². The quantitative estimate of drug-likeness (QED) is 0.719. The van der Waals surface area contributed by atoms with E-state index >= 15 is 0 Å². The molecule has 1 aromatic rings. The standard InChI is InChI=1S/C13H20N2O4S.ClH/c1-3-19-13(16)8-11-5-4-6-12(7-11)20(17,18)15-10(2)9-14;/h4-7,10,15H,3,8-9,14H2,1-2H3;1H/t10-;/m1./s1. The molecule has 0 saturated heterocycles. The summed E-state index contributed by atoms with van der Waals surface area (Å²) in [6.45, 7) is 3.91. The van der Waals surface area contributed by atoms with Crippen LogP contribution in [0.3, 0.4) is 0 Å². The lowest BCUT2D eigenvalue weighted by Crippen LogP contribution is -2.37. The molecule has 1 atom stereocenters. The number of ether oxygens (including phenoxy) is 1. The van der Waals surface area contributed by atoms with Crippen LogP contribution in [0.2, 0.25) is 0 Å². The van der Waals surface area contributed by atoms with Crippen molar-refractivity contribution in [3.05, 3.63) is 29.8 Å². The van der Waals surface area contributed by atoms with Crippen molar-refractivity contribution in [3.8, 4) is 0 Å². The maximum atomic E-state index is 12.1. The van der Waals surface area contributed by atoms with Gasteiger partial charge < -0.3 is 10.5 Å². The van der Waals surface area contributed by atoms with Gasteiger partial charge in [0, 0.05) is 12.6 Å². The summed E-state index contributed by atoms with van der Waals surface area (Å²) in [6, 6.07) is 5.86. The van der Waals surface area contributed by atoms with Gasteiger partial charge in [0.1, 0.15) is 0 Å². The molecule has 0 bridgehead atoms. The molecule has 1 aromatic carbocycles. The van der Waals surface area contributed by atoms with Gasteiger partial charge >= 0.3 is 5.97 Å². The summed E-state index contributed by atoms with van der Waals surface area (Å²) in [7, 11) is -3.62. The van der Waals surface area contributed by atoms with Gasteiger partial charge in [-0.15, -0.1) is 12.4 Å². The minimum absolute atomic E-state index is 0. The van der Waals surface area contributed by atoms with E-state index < -0.39 is 10.0 Å². The summed E-state index contributed by atoms with van der Waals surface area (Å²) < 4.78 is 31.5. The molecule has 8 heteroatoms. The first kappa shape index (κ1) is 19.9. The van der Waals surface area contributed by atoms with Gasteiger partial charge in [0.15, 0.2) is 0 Å². The third-order valence-corrected chi connectivity index (χ3v) is 4.16. The Morgan fingerprint density at radius 3 is 2.67 bits per heavy atom. The van der Waals surface area contributed by atoms with Crippen LogP contribution in [0, 0.1) is 0 Å². The molecule has 3 N–H and O–H groups in total. The number of hydrogen-bond donors (Lipinski definition) is 2. The summed E-state index contributed by atoms with van der Waals surface area (Å²) in [5.41, 5.74) is 5.99. The number of carbonyl (C=O) groups is 1. The zero-order valence-corrected chi connectivity index (χ0v) is 13.7. The average molecular weight is 337 g/mol. The molecule has 0 amide bonds. The van der Waals surface area contributed by atoms with Gasteiger partial charge in [0.2, 0.25) is 10.0 Å². The highest BCUT2D eigenvalue weighted by Crippen LogP contribution is 2.13. The number of carbonyl (C=O) groups excluding carboxylic acids is 1. The van der Waals surface area contributed by atoms with E-state index in [0.29, 0.717) is 12.2 Å². The van der Waals surface area contributed by atoms with Crippen LogP contribution < -0.4 is 10.5 Å². The van der Waals surface area contributed by atoms with Crippen molar-refractivity contribution >= 4 is 28.4 Å². The van der Waals surface area contributed by atoms with Gasteiger partial charge in [-0.05, 0) is 31.5 Å². The maximum Gasteiger partial charge on any atom is 0.310 e. The van der Waals surface area contributed by atoms with E-state index in [4.69, 9.17) is 10.5 Å². The molecule has 21 heavy (non-hydrogen) atoms. The predicted molar refractivity (Wildman–Crippen MR) is 82.9 cm³/mol. The Hall–Kier alpha value is -1.15. The Labute approximate surface area is 131 Å². The highest BCUT2D eigenvalue weighted by Gasteiger charge is 2.17. The van der Waals surface area contributed by atoms with E-state index in [1.165, 1.54) is 12.1 Å². The average Bonchev–Trinajstić information content (AvgIpc) is 2.38. The molecule has 0 heterocycles. The lowest BCUT2D eigenvalue weighted by atomic mass is 10.1. The van der Waals surface area contributed by atoms with E-state index in [1.807, 2.05) is 0 Å². The summed E-state index contributed by atoms with van der Waals surface area (Å²) in [5, 5.41) is 0. The predicted octanol–water partition coefficient (Wildman–Crippen LogP) is 0.839. The van der Waals surface area contributed by atoms with Crippen molar-refractivity contribution in [1.29, 1.82) is 0 Å². The number of sulfonamides is 1. The first-order valence-corrected chi connectivity index (χ1v) is 7.84. The summed E-state index contributed by atoms with van der Waals surface area (Å²) in [6.07, 6.45) is 0.0453. The van der Waals surface area contributed by atoms with Gasteiger partial charge in [-0.2, -0.15) is 0 Å². The molecule has 120 valence electrons. The fourth-order valence-electron chi connectivity index (χ4n) is 1.58. The molecular weight excluding hydrogens is 316 g/mol. The molecule has 0 aliphatic carbocycles. The fraction of sp³-hybridized carbons (Fsp3) is 0.462. The molecule has 6 nitrogen and oxygen atoms in total. The number of nitrogens with one attached hydrogen (secondary N) is 1. The number of benzene rings is 1. The van der Waals surface area contributed by atoms with Gasteiger partial charge in [-0.25, -0.2) is 13.1 Å². The SMILES string of the molecule is CCOC(=O)Cc1cccc(S(=O)(=O)N[C@H](C)CN)c1.Cl. The zero-order valence-electron chi connectivity index (χ0n) is 12.0. The van der Waals surface area contributed by atoms with Crippen molar-refractivity contribution < 1.29 is 17.9 Å². The normalized spacial score (nSPS) is 12.3. The smallest absolute Gasteiger partial charge is 0.310 e. The van der Waals surface area contributed by atoms with Gasteiger partial charge in [-0.1, -0.05) is 12.1 Å². The van der Waals surface area contributed by atoms with Crippen LogP contribution in [0.1, 0.15) is 19.4 Å². The molecule has 0 fully saturated rings. The van der Waals surface area contributed by atoms with Crippen LogP contribution in [0.25, 0.3) is 0 Å². The van der Waals surface area contributed by atoms with Crippen LogP contribution in [-0.4, -0.2) is 33.6 Å². The van der Waals surface area contributed by atoms with Crippen molar-refractivity contribution in [3.63, 3.8) is 0 Å². The van der Waals surface area contributed by atoms with Crippen LogP contribution in [0.15, 0.2) is 29.2 Å². The molecule has 1 rings (SSSR count). The zero-order chi connectivity index (χ0) is 15.2. The summed E-state index contributed by atoms with van der Waals surface area (Å²) in [4.78, 5) is 11.5. The summed E-state index contributed by atoms with van der Waals surface area (Å²) >= 11 is 0. The summed E-state index contributed by atoms with van der Waals surface area (Å²) in [5.74, 6) is -0.384. The van der Waals surface area contributed by atoms with Crippen LogP contribution in [0.5, 0.6) is 0 Å². The number of nitrogens with two attached hydrogens (primary N) is 1. The molecule has 0 aliphatic heterocycles. The van der Waals surface area contributed by atoms with Crippen molar-refractivity contribution in [2.45, 2.75) is 31.2 Å². The van der Waals surface area contributed by atoms with Crippen LogP contribution in [0.4, 0.5) is 0 Å². The largest absolute Gasteiger partial charge is 0.466 e. The monoisotopic (exact) mass is 336 g/mol. The highest BCUT2D eigenvalue weighted by molar-refractivity contribution is 7.89. The molecule has 0 unspecified atom stereocenters. The van der Waals surface area contributed by atoms with E-state index in [-0.39, 0.29) is 42.3 Å². The van der Waals surface area contributed by atoms with Crippen LogP contribution in [-0.2, 0) is 26.0 Å². The minimum atomic E-state index is -3.62. The molecular formula is C13H21ClN2O4S. The van der Waals surface area contributed by atoms with Crippen molar-refractivity contribution in [2.75, 3.05) is 13.2 Å². The molecule has 0 spiro atoms. The number of halogens is 1. The van der Waals surface area contributed by atoms with Gasteiger partial charge in [-0.3, -0.25) is 4.79 Å². The minimum Gasteiger partial charge on any atom is -0.466 e. The second-order valence-electron chi connectivity index (χ2n) is 4.39. The fourth-order valence-corrected chi connectivity index (χ4v) is 2.91. The first-order chi connectivity index (χ1) is 9.39. The Kier molecular flexibility index (Phi) is 8.50. The molecule has 0 saturated carbocycles. The van der Waals surface area contributed by atoms with E-state index in [2.05, 4.69) is 4.72 Å². The Balaban J connectivity index is 0.00000400. The molecule has 0 radical (unpaired) electrons. The van der Waals surface area contributed by atoms with Gasteiger partial charge in [0.05, 0.1) is 17.9 Å². The Morgan fingerprint density at radius 2 is 2.10 bits per heavy atom. The Morgan fingerprint density at radius 1 is 1.43 bits per heavy atom. The maximum absolute atomic E-state index is 12.1. The van der Waals surface area contributed by atoms with E-state index in [1.54, 1.807) is 26.0 Å². The third kappa shape index (κ3) is 6.43. The second kappa shape index (κ2) is 8.99. The van der Waals surface area contributed by atoms with Crippen molar-refractivity contribution in [2.24, 2.45) is 5.73 Å². The lowest BCUT2D eigenvalue weighted by molar-refractivity contribution is -0.142. The topological polar surface area (TPSA) is 98.5 Å². The molecule has 0 aromatic heterocycles. The van der Waals surface area contributed by atoms with E-state index in [0.717, 1.165) is 0 Å². The van der Waals surface area contributed by atoms with Crippen molar-refractivity contribution in [1.82, 2.24) is 4.72 Å². The number of esters is 1. The Bertz CT molecular complexity index is 563. The molecule has 0 aliphatic rings. The highest BCUT2D eigenvalue weighted by atomic mass is 35.5. The number of rotatable bonds is 7. The second-order valence-corrected chi connectivity index (χ2v) is 6.10. The van der Waals surface area contributed by atoms with Crippen LogP contribution >= 0.6 is 12.4 Å². The van der Waals surface area contributed by atoms with E-state index in [9.17, 15) is 13.2 Å². The number of hydrogen-bond acceptors (Lipinski definition) is 5. The first-order valence-electron chi connectivity index (χ1n) is 6.36. The lowest BCUT2D eigenvalue weighted by Gasteiger charge is -2.12.